The molecule has 0 spiro atoms. The Morgan fingerprint density at radius 1 is 1.27 bits per heavy atom. The van der Waals surface area contributed by atoms with Gasteiger partial charge in [-0.15, -0.1) is 0 Å². The molecule has 1 aromatic rings. The van der Waals surface area contributed by atoms with E-state index in [2.05, 4.69) is 13.8 Å². The third-order valence-electron chi connectivity index (χ3n) is 7.98. The van der Waals surface area contributed by atoms with Crippen LogP contribution in [0.5, 0.6) is 0 Å². The fourth-order valence-corrected chi connectivity index (χ4v) is 6.56. The molecule has 6 nitrogen and oxygen atoms in total. The topological polar surface area (TPSA) is 82.8 Å². The summed E-state index contributed by atoms with van der Waals surface area (Å²) in [6, 6.07) is 1.85. The van der Waals surface area contributed by atoms with Crippen LogP contribution in [0.2, 0.25) is 0 Å². The standard InChI is InChI=1S/C24H34O6/c1-16(26)30-15-18-7-9-21-23(2,11-5-12-24(21,3)22(27)28-4)19(18)8-6-17-10-13-29-20(17)14-25/h10,13-14,18-19,21H,5-9,11-12,15H2,1-4H3/t18-,19-,21-,23-,24+/m1/s1. The minimum absolute atomic E-state index is 0.0602. The maximum absolute atomic E-state index is 12.8. The average Bonchev–Trinajstić information content (AvgIpc) is 3.17. The van der Waals surface area contributed by atoms with Crippen LogP contribution in [0.25, 0.3) is 0 Å². The first kappa shape index (κ1) is 22.6. The number of ether oxygens (including phenoxy) is 2. The second-order valence-corrected chi connectivity index (χ2v) is 9.53. The van der Waals surface area contributed by atoms with Crippen LogP contribution in [0.4, 0.5) is 0 Å². The van der Waals surface area contributed by atoms with E-state index < -0.39 is 5.41 Å². The van der Waals surface area contributed by atoms with E-state index in [9.17, 15) is 14.4 Å². The maximum atomic E-state index is 12.8. The Labute approximate surface area is 178 Å². The highest BCUT2D eigenvalue weighted by molar-refractivity contribution is 5.77. The van der Waals surface area contributed by atoms with Gasteiger partial charge in [0.05, 0.1) is 25.4 Å². The van der Waals surface area contributed by atoms with Gasteiger partial charge >= 0.3 is 11.9 Å². The lowest BCUT2D eigenvalue weighted by atomic mass is 9.45. The number of hydrogen-bond donors (Lipinski definition) is 0. The highest BCUT2D eigenvalue weighted by Gasteiger charge is 2.58. The Balaban J connectivity index is 1.90. The average molecular weight is 419 g/mol. The molecule has 30 heavy (non-hydrogen) atoms. The number of hydrogen-bond acceptors (Lipinski definition) is 6. The molecule has 3 rings (SSSR count). The number of furan rings is 1. The molecule has 1 aromatic heterocycles. The fraction of sp³-hybridized carbons (Fsp3) is 0.708. The zero-order chi connectivity index (χ0) is 21.9. The molecule has 2 aliphatic rings. The number of aldehydes is 1. The number of rotatable bonds is 7. The van der Waals surface area contributed by atoms with E-state index in [4.69, 9.17) is 13.9 Å². The van der Waals surface area contributed by atoms with Crippen molar-refractivity contribution >= 4 is 18.2 Å². The summed E-state index contributed by atoms with van der Waals surface area (Å²) in [5.41, 5.74) is 0.360. The minimum Gasteiger partial charge on any atom is -0.469 e. The summed E-state index contributed by atoms with van der Waals surface area (Å²) in [5.74, 6) is 0.735. The molecular formula is C24H34O6. The van der Waals surface area contributed by atoms with Crippen molar-refractivity contribution in [2.24, 2.45) is 28.6 Å². The number of fused-ring (bicyclic) bond motifs is 1. The third kappa shape index (κ3) is 4.06. The van der Waals surface area contributed by atoms with E-state index in [0.717, 1.165) is 56.8 Å². The first-order valence-corrected chi connectivity index (χ1v) is 11.0. The smallest absolute Gasteiger partial charge is 0.311 e. The van der Waals surface area contributed by atoms with E-state index in [-0.39, 0.29) is 35.1 Å². The van der Waals surface area contributed by atoms with Crippen LogP contribution < -0.4 is 0 Å². The molecule has 5 atom stereocenters. The Morgan fingerprint density at radius 2 is 2.03 bits per heavy atom. The van der Waals surface area contributed by atoms with Crippen LogP contribution in [-0.2, 0) is 25.5 Å². The summed E-state index contributed by atoms with van der Waals surface area (Å²) in [5, 5.41) is 0. The van der Waals surface area contributed by atoms with Crippen molar-refractivity contribution in [1.82, 2.24) is 0 Å². The molecule has 2 saturated carbocycles. The van der Waals surface area contributed by atoms with Crippen molar-refractivity contribution in [1.29, 1.82) is 0 Å². The Morgan fingerprint density at radius 3 is 2.70 bits per heavy atom. The van der Waals surface area contributed by atoms with Crippen LogP contribution in [0.15, 0.2) is 16.7 Å². The summed E-state index contributed by atoms with van der Waals surface area (Å²) in [7, 11) is 1.48. The van der Waals surface area contributed by atoms with E-state index >= 15 is 0 Å². The van der Waals surface area contributed by atoms with Crippen LogP contribution in [0.1, 0.15) is 75.4 Å². The predicted molar refractivity (Wildman–Crippen MR) is 111 cm³/mol. The monoisotopic (exact) mass is 418 g/mol. The SMILES string of the molecule is COC(=O)[C@@]1(C)CCC[C@]2(C)[C@H](CCc3ccoc3C=O)[C@@H](COC(C)=O)CC[C@H]21. The van der Waals surface area contributed by atoms with Gasteiger partial charge in [-0.25, -0.2) is 0 Å². The van der Waals surface area contributed by atoms with Crippen LogP contribution in [0.3, 0.4) is 0 Å². The van der Waals surface area contributed by atoms with Crippen molar-refractivity contribution in [3.05, 3.63) is 23.7 Å². The number of carbonyl (C=O) groups excluding carboxylic acids is 3. The van der Waals surface area contributed by atoms with Crippen molar-refractivity contribution < 1.29 is 28.3 Å². The van der Waals surface area contributed by atoms with Gasteiger partial charge in [0, 0.05) is 12.5 Å². The maximum Gasteiger partial charge on any atom is 0.311 e. The highest BCUT2D eigenvalue weighted by Crippen LogP contribution is 2.62. The second kappa shape index (κ2) is 8.94. The van der Waals surface area contributed by atoms with Gasteiger partial charge in [0.15, 0.2) is 12.0 Å². The summed E-state index contributed by atoms with van der Waals surface area (Å²) in [6.45, 7) is 6.21. The second-order valence-electron chi connectivity index (χ2n) is 9.53. The molecule has 1 heterocycles. The molecule has 0 saturated heterocycles. The quantitative estimate of drug-likeness (QED) is 0.475. The Hall–Kier alpha value is -2.11. The third-order valence-corrected chi connectivity index (χ3v) is 7.98. The molecule has 0 aromatic carbocycles. The molecule has 0 radical (unpaired) electrons. The molecule has 2 fully saturated rings. The van der Waals surface area contributed by atoms with Crippen LogP contribution in [-0.4, -0.2) is 31.9 Å². The van der Waals surface area contributed by atoms with Gasteiger partial charge in [-0.1, -0.05) is 13.3 Å². The van der Waals surface area contributed by atoms with Crippen molar-refractivity contribution in [3.63, 3.8) is 0 Å². The van der Waals surface area contributed by atoms with Gasteiger partial charge < -0.3 is 13.9 Å². The molecule has 0 bridgehead atoms. The first-order valence-electron chi connectivity index (χ1n) is 11.0. The van der Waals surface area contributed by atoms with Gasteiger partial charge in [-0.2, -0.15) is 0 Å². The first-order chi connectivity index (χ1) is 14.3. The molecule has 166 valence electrons. The zero-order valence-corrected chi connectivity index (χ0v) is 18.6. The predicted octanol–water partition coefficient (Wildman–Crippen LogP) is 4.60. The van der Waals surface area contributed by atoms with Gasteiger partial charge in [-0.05, 0) is 74.7 Å². The number of carbonyl (C=O) groups is 3. The van der Waals surface area contributed by atoms with Crippen LogP contribution in [0, 0.1) is 28.6 Å². The largest absolute Gasteiger partial charge is 0.469 e. The van der Waals surface area contributed by atoms with Crippen LogP contribution >= 0.6 is 0 Å². The summed E-state index contributed by atoms with van der Waals surface area (Å²) < 4.78 is 15.9. The van der Waals surface area contributed by atoms with E-state index in [1.54, 1.807) is 6.26 Å². The van der Waals surface area contributed by atoms with Crippen molar-refractivity contribution in [2.45, 2.75) is 65.7 Å². The lowest BCUT2D eigenvalue weighted by Gasteiger charge is -2.59. The normalized spacial score (nSPS) is 33.4. The summed E-state index contributed by atoms with van der Waals surface area (Å²) in [6.07, 6.45) is 8.59. The van der Waals surface area contributed by atoms with E-state index in [0.29, 0.717) is 12.4 Å². The molecule has 6 heteroatoms. The van der Waals surface area contributed by atoms with Gasteiger partial charge in [0.1, 0.15) is 0 Å². The molecule has 0 N–H and O–H groups in total. The Kier molecular flexibility index (Phi) is 6.73. The lowest BCUT2D eigenvalue weighted by Crippen LogP contribution is -2.55. The van der Waals surface area contributed by atoms with Gasteiger partial charge in [0.25, 0.3) is 0 Å². The molecular weight excluding hydrogens is 384 g/mol. The van der Waals surface area contributed by atoms with Gasteiger partial charge in [-0.3, -0.25) is 14.4 Å². The summed E-state index contributed by atoms with van der Waals surface area (Å²) >= 11 is 0. The van der Waals surface area contributed by atoms with Crippen molar-refractivity contribution in [3.8, 4) is 0 Å². The zero-order valence-electron chi connectivity index (χ0n) is 18.6. The fourth-order valence-electron chi connectivity index (χ4n) is 6.56. The van der Waals surface area contributed by atoms with E-state index in [1.807, 2.05) is 6.07 Å². The number of esters is 2. The highest BCUT2D eigenvalue weighted by atomic mass is 16.5. The molecule has 0 unspecified atom stereocenters. The number of methoxy groups -OCH3 is 1. The molecule has 0 aliphatic heterocycles. The van der Waals surface area contributed by atoms with Crippen molar-refractivity contribution in [2.75, 3.05) is 13.7 Å². The molecule has 2 aliphatic carbocycles. The minimum atomic E-state index is -0.490. The summed E-state index contributed by atoms with van der Waals surface area (Å²) in [4.78, 5) is 35.5. The van der Waals surface area contributed by atoms with Gasteiger partial charge in [0.2, 0.25) is 0 Å². The lowest BCUT2D eigenvalue weighted by molar-refractivity contribution is -0.176. The Bertz CT molecular complexity index is 782. The van der Waals surface area contributed by atoms with E-state index in [1.165, 1.54) is 14.0 Å². The number of aryl methyl sites for hydroxylation is 1. The molecule has 0 amide bonds.